The van der Waals surface area contributed by atoms with Crippen molar-refractivity contribution in [3.63, 3.8) is 0 Å². The second-order valence-electron chi connectivity index (χ2n) is 4.88. The van der Waals surface area contributed by atoms with Crippen molar-refractivity contribution in [2.45, 2.75) is 26.7 Å². The second kappa shape index (κ2) is 5.77. The molecule has 0 fully saturated rings. The molecule has 1 aromatic heterocycles. The quantitative estimate of drug-likeness (QED) is 0.925. The monoisotopic (exact) mass is 273 g/mol. The predicted octanol–water partition coefficient (Wildman–Crippen LogP) is 3.29. The van der Waals surface area contributed by atoms with E-state index in [0.717, 1.165) is 0 Å². The summed E-state index contributed by atoms with van der Waals surface area (Å²) in [6, 6.07) is 7.58. The van der Waals surface area contributed by atoms with Gasteiger partial charge in [0.05, 0.1) is 13.2 Å². The van der Waals surface area contributed by atoms with E-state index in [1.54, 1.807) is 6.07 Å². The average molecular weight is 273 g/mol. The molecule has 0 saturated heterocycles. The Balaban J connectivity index is 2.26. The Morgan fingerprint density at radius 3 is 2.40 bits per heavy atom. The zero-order valence-corrected chi connectivity index (χ0v) is 12.2. The van der Waals surface area contributed by atoms with Gasteiger partial charge < -0.3 is 15.2 Å². The van der Waals surface area contributed by atoms with Gasteiger partial charge in [-0.25, -0.2) is 0 Å². The number of rotatable bonds is 4. The van der Waals surface area contributed by atoms with Crippen molar-refractivity contribution in [3.8, 4) is 17.5 Å². The third-order valence-corrected chi connectivity index (χ3v) is 2.99. The highest BCUT2D eigenvalue weighted by Crippen LogP contribution is 2.27. The van der Waals surface area contributed by atoms with Crippen molar-refractivity contribution >= 4 is 5.95 Å². The fraction of sp³-hybridized carbons (Fsp3) is 0.333. The Morgan fingerprint density at radius 1 is 1.10 bits per heavy atom. The van der Waals surface area contributed by atoms with Gasteiger partial charge in [-0.2, -0.15) is 9.97 Å². The molecule has 20 heavy (non-hydrogen) atoms. The molecule has 106 valence electrons. The maximum Gasteiger partial charge on any atom is 0.227 e. The number of nitrogen functional groups attached to an aromatic ring is 1. The summed E-state index contributed by atoms with van der Waals surface area (Å²) < 4.78 is 10.7. The molecule has 5 nitrogen and oxygen atoms in total. The van der Waals surface area contributed by atoms with Crippen LogP contribution in [0.4, 0.5) is 5.95 Å². The molecule has 0 spiro atoms. The zero-order chi connectivity index (χ0) is 14.7. The van der Waals surface area contributed by atoms with Crippen LogP contribution < -0.4 is 15.2 Å². The van der Waals surface area contributed by atoms with Crippen molar-refractivity contribution in [3.05, 3.63) is 35.4 Å². The van der Waals surface area contributed by atoms with Crippen molar-refractivity contribution in [1.82, 2.24) is 9.97 Å². The van der Waals surface area contributed by atoms with Gasteiger partial charge in [0, 0.05) is 0 Å². The topological polar surface area (TPSA) is 70.3 Å². The normalized spacial score (nSPS) is 10.7. The number of benzene rings is 1. The van der Waals surface area contributed by atoms with Gasteiger partial charge >= 0.3 is 0 Å². The minimum absolute atomic E-state index is 0.120. The molecule has 0 aliphatic rings. The smallest absolute Gasteiger partial charge is 0.227 e. The highest BCUT2D eigenvalue weighted by Gasteiger charge is 2.08. The molecule has 2 rings (SSSR count). The van der Waals surface area contributed by atoms with Gasteiger partial charge in [0.2, 0.25) is 17.7 Å². The number of nitrogens with zero attached hydrogens (tertiary/aromatic N) is 2. The zero-order valence-electron chi connectivity index (χ0n) is 12.2. The average Bonchev–Trinajstić information content (AvgIpc) is 2.37. The van der Waals surface area contributed by atoms with Crippen molar-refractivity contribution in [1.29, 1.82) is 0 Å². The highest BCUT2D eigenvalue weighted by atomic mass is 16.5. The first-order chi connectivity index (χ1) is 9.49. The summed E-state index contributed by atoms with van der Waals surface area (Å²) in [5.41, 5.74) is 8.09. The summed E-state index contributed by atoms with van der Waals surface area (Å²) in [6.07, 6.45) is 0. The SMILES string of the molecule is COc1cc(Oc2ccc(C(C)C)c(C)c2)nc(N)n1. The second-order valence-corrected chi connectivity index (χ2v) is 4.88. The number of ether oxygens (including phenoxy) is 2. The van der Waals surface area contributed by atoms with Crippen LogP contribution in [-0.4, -0.2) is 17.1 Å². The molecule has 1 heterocycles. The third kappa shape index (κ3) is 3.17. The molecule has 0 unspecified atom stereocenters. The van der Waals surface area contributed by atoms with E-state index in [-0.39, 0.29) is 5.95 Å². The van der Waals surface area contributed by atoms with Crippen LogP contribution >= 0.6 is 0 Å². The predicted molar refractivity (Wildman–Crippen MR) is 78.3 cm³/mol. The van der Waals surface area contributed by atoms with Crippen LogP contribution in [0.25, 0.3) is 0 Å². The number of hydrogen-bond acceptors (Lipinski definition) is 5. The highest BCUT2D eigenvalue weighted by molar-refractivity contribution is 5.39. The van der Waals surface area contributed by atoms with E-state index in [0.29, 0.717) is 23.4 Å². The Kier molecular flexibility index (Phi) is 4.08. The number of methoxy groups -OCH3 is 1. The molecule has 2 N–H and O–H groups in total. The lowest BCUT2D eigenvalue weighted by Crippen LogP contribution is -2.00. The molecular formula is C15H19N3O2. The molecule has 2 aromatic rings. The minimum Gasteiger partial charge on any atom is -0.481 e. The molecule has 0 saturated carbocycles. The van der Waals surface area contributed by atoms with Crippen LogP contribution in [0.15, 0.2) is 24.3 Å². The molecular weight excluding hydrogens is 254 g/mol. The third-order valence-electron chi connectivity index (χ3n) is 2.99. The summed E-state index contributed by atoms with van der Waals surface area (Å²) >= 11 is 0. The Labute approximate surface area is 118 Å². The summed E-state index contributed by atoms with van der Waals surface area (Å²) in [5, 5.41) is 0. The van der Waals surface area contributed by atoms with Gasteiger partial charge in [0.25, 0.3) is 0 Å². The van der Waals surface area contributed by atoms with Crippen molar-refractivity contribution in [2.24, 2.45) is 0 Å². The number of nitrogens with two attached hydrogens (primary N) is 1. The van der Waals surface area contributed by atoms with Crippen molar-refractivity contribution < 1.29 is 9.47 Å². The molecule has 0 aliphatic carbocycles. The lowest BCUT2D eigenvalue weighted by molar-refractivity contribution is 0.389. The van der Waals surface area contributed by atoms with Crippen LogP contribution in [0.1, 0.15) is 30.9 Å². The fourth-order valence-corrected chi connectivity index (χ4v) is 2.06. The van der Waals surface area contributed by atoms with Crippen LogP contribution in [0.2, 0.25) is 0 Å². The van der Waals surface area contributed by atoms with Gasteiger partial charge in [0.1, 0.15) is 5.75 Å². The van der Waals surface area contributed by atoms with E-state index >= 15 is 0 Å². The Bertz CT molecular complexity index is 612. The Hall–Kier alpha value is -2.30. The van der Waals surface area contributed by atoms with E-state index in [1.165, 1.54) is 18.2 Å². The van der Waals surface area contributed by atoms with E-state index in [1.807, 2.05) is 12.1 Å². The molecule has 0 amide bonds. The summed E-state index contributed by atoms with van der Waals surface area (Å²) in [4.78, 5) is 7.94. The molecule has 0 aliphatic heterocycles. The van der Waals surface area contributed by atoms with E-state index in [4.69, 9.17) is 15.2 Å². The van der Waals surface area contributed by atoms with Gasteiger partial charge in [-0.3, -0.25) is 0 Å². The summed E-state index contributed by atoms with van der Waals surface area (Å²) in [5.74, 6) is 2.06. The van der Waals surface area contributed by atoms with Crippen LogP contribution in [0.3, 0.4) is 0 Å². The summed E-state index contributed by atoms with van der Waals surface area (Å²) in [6.45, 7) is 6.40. The van der Waals surface area contributed by atoms with E-state index in [9.17, 15) is 0 Å². The number of anilines is 1. The van der Waals surface area contributed by atoms with Gasteiger partial charge in [-0.1, -0.05) is 19.9 Å². The molecule has 0 radical (unpaired) electrons. The Morgan fingerprint density at radius 2 is 1.80 bits per heavy atom. The molecule has 1 aromatic carbocycles. The van der Waals surface area contributed by atoms with Gasteiger partial charge in [-0.05, 0) is 36.1 Å². The van der Waals surface area contributed by atoms with Gasteiger partial charge in [-0.15, -0.1) is 0 Å². The standard InChI is InChI=1S/C15H19N3O2/c1-9(2)12-6-5-11(7-10(12)3)20-14-8-13(19-4)17-15(16)18-14/h5-9H,1-4H3,(H2,16,17,18). The van der Waals surface area contributed by atoms with Gasteiger partial charge in [0.15, 0.2) is 0 Å². The lowest BCUT2D eigenvalue weighted by Gasteiger charge is -2.12. The first-order valence-electron chi connectivity index (χ1n) is 6.46. The summed E-state index contributed by atoms with van der Waals surface area (Å²) in [7, 11) is 1.52. The molecule has 0 atom stereocenters. The number of hydrogen-bond donors (Lipinski definition) is 1. The first-order valence-corrected chi connectivity index (χ1v) is 6.46. The lowest BCUT2D eigenvalue weighted by atomic mass is 9.98. The maximum absolute atomic E-state index is 5.71. The number of aryl methyl sites for hydroxylation is 1. The molecule has 5 heteroatoms. The van der Waals surface area contributed by atoms with Crippen LogP contribution in [0, 0.1) is 6.92 Å². The van der Waals surface area contributed by atoms with Crippen LogP contribution in [0.5, 0.6) is 17.5 Å². The molecule has 0 bridgehead atoms. The minimum atomic E-state index is 0.120. The fourth-order valence-electron chi connectivity index (χ4n) is 2.06. The first kappa shape index (κ1) is 14.1. The number of aromatic nitrogens is 2. The van der Waals surface area contributed by atoms with Crippen molar-refractivity contribution in [2.75, 3.05) is 12.8 Å². The van der Waals surface area contributed by atoms with E-state index < -0.39 is 0 Å². The largest absolute Gasteiger partial charge is 0.481 e. The maximum atomic E-state index is 5.71. The van der Waals surface area contributed by atoms with E-state index in [2.05, 4.69) is 36.8 Å². The van der Waals surface area contributed by atoms with Crippen LogP contribution in [-0.2, 0) is 0 Å².